The predicted molar refractivity (Wildman–Crippen MR) is 110 cm³/mol. The van der Waals surface area contributed by atoms with Gasteiger partial charge in [-0.25, -0.2) is 0 Å². The van der Waals surface area contributed by atoms with Crippen molar-refractivity contribution in [3.05, 3.63) is 53.1 Å². The van der Waals surface area contributed by atoms with Crippen LogP contribution < -0.4 is 15.5 Å². The molecule has 4 heteroatoms. The maximum absolute atomic E-state index is 12.5. The lowest BCUT2D eigenvalue weighted by Crippen LogP contribution is -2.30. The number of amides is 1. The highest BCUT2D eigenvalue weighted by Gasteiger charge is 2.15. The van der Waals surface area contributed by atoms with Crippen LogP contribution in [-0.4, -0.2) is 25.5 Å². The van der Waals surface area contributed by atoms with Crippen molar-refractivity contribution in [1.29, 1.82) is 0 Å². The van der Waals surface area contributed by atoms with Crippen molar-refractivity contribution < 1.29 is 4.79 Å². The minimum Gasteiger partial charge on any atom is -0.374 e. The van der Waals surface area contributed by atoms with Crippen molar-refractivity contribution in [3.8, 4) is 0 Å². The van der Waals surface area contributed by atoms with Crippen molar-refractivity contribution in [2.45, 2.75) is 40.0 Å². The first-order valence-corrected chi connectivity index (χ1v) is 9.50. The Balaban J connectivity index is 1.65. The topological polar surface area (TPSA) is 44.4 Å². The Labute approximate surface area is 156 Å². The third-order valence-corrected chi connectivity index (χ3v) is 4.98. The number of piperidine rings is 1. The maximum atomic E-state index is 12.5. The number of carbonyl (C=O) groups is 1. The Morgan fingerprint density at radius 2 is 1.65 bits per heavy atom. The number of anilines is 3. The van der Waals surface area contributed by atoms with Crippen LogP contribution in [0.5, 0.6) is 0 Å². The van der Waals surface area contributed by atoms with E-state index in [0.717, 1.165) is 35.6 Å². The predicted octanol–water partition coefficient (Wildman–Crippen LogP) is 4.65. The van der Waals surface area contributed by atoms with Gasteiger partial charge in [-0.15, -0.1) is 0 Å². The average Bonchev–Trinajstić information content (AvgIpc) is 2.64. The van der Waals surface area contributed by atoms with Crippen molar-refractivity contribution in [2.75, 3.05) is 35.2 Å². The zero-order chi connectivity index (χ0) is 18.5. The normalized spacial score (nSPS) is 14.2. The van der Waals surface area contributed by atoms with E-state index in [0.29, 0.717) is 0 Å². The van der Waals surface area contributed by atoms with Gasteiger partial charge in [0.1, 0.15) is 0 Å². The third-order valence-electron chi connectivity index (χ3n) is 4.98. The first-order chi connectivity index (χ1) is 12.5. The molecule has 4 nitrogen and oxygen atoms in total. The molecule has 1 aliphatic heterocycles. The Kier molecular flexibility index (Phi) is 5.82. The number of hydrogen-bond acceptors (Lipinski definition) is 3. The fraction of sp³-hybridized carbons (Fsp3) is 0.409. The van der Waals surface area contributed by atoms with Crippen LogP contribution >= 0.6 is 0 Å². The summed E-state index contributed by atoms with van der Waals surface area (Å²) in [5.74, 6) is -0.0199. The average molecular weight is 351 g/mol. The van der Waals surface area contributed by atoms with E-state index >= 15 is 0 Å². The Morgan fingerprint density at radius 3 is 2.35 bits per heavy atom. The maximum Gasteiger partial charge on any atom is 0.243 e. The lowest BCUT2D eigenvalue weighted by molar-refractivity contribution is -0.114. The van der Waals surface area contributed by atoms with E-state index in [1.807, 2.05) is 19.9 Å². The van der Waals surface area contributed by atoms with Crippen LogP contribution in [0.3, 0.4) is 0 Å². The van der Waals surface area contributed by atoms with E-state index < -0.39 is 0 Å². The standard InChI is InChI=1S/C22H29N3O/c1-16-13-17(2)22(18(3)14-16)24-21(26)15-23-19-9-5-6-10-20(19)25-11-7-4-8-12-25/h5-6,9-10,13-14,23H,4,7-8,11-12,15H2,1-3H3,(H,24,26). The molecule has 0 atom stereocenters. The Morgan fingerprint density at radius 1 is 1.00 bits per heavy atom. The molecular weight excluding hydrogens is 322 g/mol. The molecule has 1 aliphatic rings. The van der Waals surface area contributed by atoms with Gasteiger partial charge in [0.25, 0.3) is 0 Å². The lowest BCUT2D eigenvalue weighted by Gasteiger charge is -2.30. The van der Waals surface area contributed by atoms with Crippen molar-refractivity contribution in [3.63, 3.8) is 0 Å². The molecule has 1 heterocycles. The summed E-state index contributed by atoms with van der Waals surface area (Å²) in [7, 11) is 0. The van der Waals surface area contributed by atoms with Crippen LogP contribution in [0.4, 0.5) is 17.1 Å². The van der Waals surface area contributed by atoms with E-state index in [9.17, 15) is 4.79 Å². The van der Waals surface area contributed by atoms with Gasteiger partial charge >= 0.3 is 0 Å². The molecule has 0 radical (unpaired) electrons. The Hall–Kier alpha value is -2.49. The largest absolute Gasteiger partial charge is 0.374 e. The molecule has 0 aliphatic carbocycles. The van der Waals surface area contributed by atoms with Gasteiger partial charge in [-0.3, -0.25) is 4.79 Å². The van der Waals surface area contributed by atoms with Crippen LogP contribution in [0.15, 0.2) is 36.4 Å². The van der Waals surface area contributed by atoms with Gasteiger partial charge < -0.3 is 15.5 Å². The summed E-state index contributed by atoms with van der Waals surface area (Å²) in [6.07, 6.45) is 3.78. The fourth-order valence-electron chi connectivity index (χ4n) is 3.77. The van der Waals surface area contributed by atoms with Gasteiger partial charge in [-0.1, -0.05) is 29.8 Å². The number of nitrogens with one attached hydrogen (secondary N) is 2. The quantitative estimate of drug-likeness (QED) is 0.824. The number of para-hydroxylation sites is 2. The van der Waals surface area contributed by atoms with Gasteiger partial charge in [0.05, 0.1) is 17.9 Å². The van der Waals surface area contributed by atoms with E-state index in [2.05, 4.69) is 52.8 Å². The molecule has 138 valence electrons. The summed E-state index contributed by atoms with van der Waals surface area (Å²) < 4.78 is 0. The molecule has 3 rings (SSSR count). The molecule has 0 bridgehead atoms. The molecule has 1 fully saturated rings. The summed E-state index contributed by atoms with van der Waals surface area (Å²) in [4.78, 5) is 14.9. The van der Waals surface area contributed by atoms with Gasteiger partial charge in [0, 0.05) is 18.8 Å². The zero-order valence-corrected chi connectivity index (χ0v) is 16.1. The van der Waals surface area contributed by atoms with Gasteiger partial charge in [-0.2, -0.15) is 0 Å². The lowest BCUT2D eigenvalue weighted by atomic mass is 10.1. The second-order valence-corrected chi connectivity index (χ2v) is 7.24. The molecule has 2 aromatic carbocycles. The second-order valence-electron chi connectivity index (χ2n) is 7.24. The van der Waals surface area contributed by atoms with Crippen LogP contribution in [0.2, 0.25) is 0 Å². The number of carbonyl (C=O) groups excluding carboxylic acids is 1. The number of benzene rings is 2. The van der Waals surface area contributed by atoms with Crippen molar-refractivity contribution in [1.82, 2.24) is 0 Å². The molecule has 26 heavy (non-hydrogen) atoms. The monoisotopic (exact) mass is 351 g/mol. The van der Waals surface area contributed by atoms with Gasteiger partial charge in [0.15, 0.2) is 0 Å². The molecule has 1 saturated heterocycles. The van der Waals surface area contributed by atoms with E-state index in [1.165, 1.54) is 30.5 Å². The number of aryl methyl sites for hydroxylation is 3. The highest BCUT2D eigenvalue weighted by Crippen LogP contribution is 2.28. The smallest absolute Gasteiger partial charge is 0.243 e. The first kappa shape index (κ1) is 18.3. The molecule has 0 spiro atoms. The van der Waals surface area contributed by atoms with Crippen LogP contribution in [0.1, 0.15) is 36.0 Å². The van der Waals surface area contributed by atoms with Crippen LogP contribution in [-0.2, 0) is 4.79 Å². The minimum atomic E-state index is -0.0199. The van der Waals surface area contributed by atoms with Crippen molar-refractivity contribution >= 4 is 23.0 Å². The Bertz CT molecular complexity index is 756. The molecule has 2 N–H and O–H groups in total. The number of rotatable bonds is 5. The van der Waals surface area contributed by atoms with Gasteiger partial charge in [0.2, 0.25) is 5.91 Å². The second kappa shape index (κ2) is 8.26. The van der Waals surface area contributed by atoms with Crippen LogP contribution in [0.25, 0.3) is 0 Å². The molecule has 1 amide bonds. The minimum absolute atomic E-state index is 0.0199. The fourth-order valence-corrected chi connectivity index (χ4v) is 3.77. The highest BCUT2D eigenvalue weighted by atomic mass is 16.1. The molecular formula is C22H29N3O. The van der Waals surface area contributed by atoms with Crippen LogP contribution in [0, 0.1) is 20.8 Å². The summed E-state index contributed by atoms with van der Waals surface area (Å²) in [5.41, 5.74) is 6.57. The summed E-state index contributed by atoms with van der Waals surface area (Å²) in [5, 5.41) is 6.39. The summed E-state index contributed by atoms with van der Waals surface area (Å²) >= 11 is 0. The molecule has 0 saturated carbocycles. The number of hydrogen-bond donors (Lipinski definition) is 2. The number of nitrogens with zero attached hydrogens (tertiary/aromatic N) is 1. The first-order valence-electron chi connectivity index (χ1n) is 9.50. The SMILES string of the molecule is Cc1cc(C)c(NC(=O)CNc2ccccc2N2CCCCC2)c(C)c1. The van der Waals surface area contributed by atoms with E-state index in [4.69, 9.17) is 0 Å². The zero-order valence-electron chi connectivity index (χ0n) is 16.1. The van der Waals surface area contributed by atoms with Gasteiger partial charge in [-0.05, 0) is 63.3 Å². The van der Waals surface area contributed by atoms with E-state index in [-0.39, 0.29) is 12.5 Å². The van der Waals surface area contributed by atoms with E-state index in [1.54, 1.807) is 0 Å². The summed E-state index contributed by atoms with van der Waals surface area (Å²) in [6, 6.07) is 12.5. The third kappa shape index (κ3) is 4.37. The summed E-state index contributed by atoms with van der Waals surface area (Å²) in [6.45, 7) is 8.59. The molecule has 0 unspecified atom stereocenters. The van der Waals surface area contributed by atoms with Crippen molar-refractivity contribution in [2.24, 2.45) is 0 Å². The highest BCUT2D eigenvalue weighted by molar-refractivity contribution is 5.95. The molecule has 0 aromatic heterocycles. The molecule has 2 aromatic rings.